The fourth-order valence-corrected chi connectivity index (χ4v) is 3.84. The van der Waals surface area contributed by atoms with Crippen LogP contribution in [0.4, 0.5) is 4.79 Å². The Hall–Kier alpha value is -1.19. The Morgan fingerprint density at radius 2 is 2.00 bits per heavy atom. The Kier molecular flexibility index (Phi) is 4.27. The zero-order valence-corrected chi connectivity index (χ0v) is 13.4. The van der Waals surface area contributed by atoms with E-state index >= 15 is 0 Å². The summed E-state index contributed by atoms with van der Waals surface area (Å²) in [5.41, 5.74) is -0.861. The van der Waals surface area contributed by atoms with Gasteiger partial charge in [0.1, 0.15) is 5.54 Å². The molecule has 2 heterocycles. The van der Waals surface area contributed by atoms with Crippen LogP contribution >= 0.6 is 0 Å². The minimum absolute atomic E-state index is 0.244. The lowest BCUT2D eigenvalue weighted by Gasteiger charge is -2.20. The van der Waals surface area contributed by atoms with E-state index in [2.05, 4.69) is 10.0 Å². The average molecular weight is 318 g/mol. The fourth-order valence-electron chi connectivity index (χ4n) is 2.68. The van der Waals surface area contributed by atoms with E-state index in [0.29, 0.717) is 26.1 Å². The van der Waals surface area contributed by atoms with E-state index < -0.39 is 20.8 Å². The largest absolute Gasteiger partial charge is 0.325 e. The third-order valence-corrected chi connectivity index (χ3v) is 5.87. The number of urea groups is 1. The van der Waals surface area contributed by atoms with Crippen LogP contribution < -0.4 is 10.0 Å². The molecule has 120 valence electrons. The number of nitrogens with zero attached hydrogens (tertiary/aromatic N) is 2. The highest BCUT2D eigenvalue weighted by atomic mass is 32.2. The molecule has 0 saturated carbocycles. The van der Waals surface area contributed by atoms with Crippen molar-refractivity contribution in [3.05, 3.63) is 0 Å². The van der Waals surface area contributed by atoms with Crippen LogP contribution in [-0.4, -0.2) is 74.2 Å². The minimum atomic E-state index is -3.26. The molecule has 2 rings (SSSR count). The van der Waals surface area contributed by atoms with Crippen LogP contribution in [0.2, 0.25) is 0 Å². The molecule has 0 spiro atoms. The van der Waals surface area contributed by atoms with Crippen molar-refractivity contribution < 1.29 is 18.0 Å². The van der Waals surface area contributed by atoms with Gasteiger partial charge in [0.2, 0.25) is 10.0 Å². The lowest BCUT2D eigenvalue weighted by Crippen LogP contribution is -2.42. The molecule has 0 aromatic carbocycles. The first kappa shape index (κ1) is 16.2. The lowest BCUT2D eigenvalue weighted by molar-refractivity contribution is -0.130. The second-order valence-electron chi connectivity index (χ2n) is 5.97. The van der Waals surface area contributed by atoms with Gasteiger partial charge < -0.3 is 10.2 Å². The minimum Gasteiger partial charge on any atom is -0.324 e. The first-order valence-electron chi connectivity index (χ1n) is 6.96. The van der Waals surface area contributed by atoms with Crippen LogP contribution in [0.3, 0.4) is 0 Å². The normalized spacial score (nSPS) is 26.4. The molecule has 0 radical (unpaired) electrons. The second kappa shape index (κ2) is 5.54. The van der Waals surface area contributed by atoms with Gasteiger partial charge in [0.05, 0.1) is 5.25 Å². The van der Waals surface area contributed by atoms with E-state index in [1.165, 1.54) is 11.9 Å². The van der Waals surface area contributed by atoms with Crippen LogP contribution in [0.15, 0.2) is 0 Å². The van der Waals surface area contributed by atoms with Crippen LogP contribution in [0, 0.1) is 0 Å². The standard InChI is InChI=1S/C12H22N4O4S/c1-12(2)10(17)16(11(18)14-12)7-6-15-5-4-9(8-15)21(19,20)13-3/h9,13H,4-8H2,1-3H3,(H,14,18). The predicted molar refractivity (Wildman–Crippen MR) is 77.1 cm³/mol. The Morgan fingerprint density at radius 1 is 1.33 bits per heavy atom. The van der Waals surface area contributed by atoms with Crippen LogP contribution in [-0.2, 0) is 14.8 Å². The summed E-state index contributed by atoms with van der Waals surface area (Å²) in [7, 11) is -1.85. The van der Waals surface area contributed by atoms with Gasteiger partial charge in [-0.2, -0.15) is 0 Å². The van der Waals surface area contributed by atoms with Crippen LogP contribution in [0.25, 0.3) is 0 Å². The molecule has 2 aliphatic rings. The maximum absolute atomic E-state index is 12.0. The van der Waals surface area contributed by atoms with E-state index in [0.717, 1.165) is 0 Å². The molecule has 1 unspecified atom stereocenters. The van der Waals surface area contributed by atoms with Crippen molar-refractivity contribution in [3.8, 4) is 0 Å². The third-order valence-electron chi connectivity index (χ3n) is 4.04. The summed E-state index contributed by atoms with van der Waals surface area (Å²) in [6.07, 6.45) is 0.564. The average Bonchev–Trinajstić information content (AvgIpc) is 2.93. The number of nitrogens with one attached hydrogen (secondary N) is 2. The number of imide groups is 1. The van der Waals surface area contributed by atoms with Crippen molar-refractivity contribution in [2.24, 2.45) is 0 Å². The SMILES string of the molecule is CNS(=O)(=O)C1CCN(CCN2C(=O)NC(C)(C)C2=O)C1. The Bertz CT molecular complexity index is 545. The van der Waals surface area contributed by atoms with Crippen molar-refractivity contribution in [2.45, 2.75) is 31.1 Å². The Labute approximate surface area is 124 Å². The molecule has 2 N–H and O–H groups in total. The molecule has 0 aliphatic carbocycles. The van der Waals surface area contributed by atoms with E-state index in [1.807, 2.05) is 4.90 Å². The summed E-state index contributed by atoms with van der Waals surface area (Å²) in [6.45, 7) is 5.18. The molecule has 2 saturated heterocycles. The molecule has 1 atom stereocenters. The molecule has 3 amide bonds. The van der Waals surface area contributed by atoms with E-state index in [4.69, 9.17) is 0 Å². The number of hydrogen-bond acceptors (Lipinski definition) is 5. The Balaban J connectivity index is 1.88. The van der Waals surface area contributed by atoms with Gasteiger partial charge in [0.15, 0.2) is 0 Å². The Morgan fingerprint density at radius 3 is 2.52 bits per heavy atom. The highest BCUT2D eigenvalue weighted by molar-refractivity contribution is 7.90. The van der Waals surface area contributed by atoms with Gasteiger partial charge in [-0.25, -0.2) is 17.9 Å². The monoisotopic (exact) mass is 318 g/mol. The molecule has 8 nitrogen and oxygen atoms in total. The molecular formula is C12H22N4O4S. The van der Waals surface area contributed by atoms with Crippen molar-refractivity contribution in [1.82, 2.24) is 19.8 Å². The number of amides is 3. The summed E-state index contributed by atoms with van der Waals surface area (Å²) in [4.78, 5) is 26.9. The molecule has 2 fully saturated rings. The lowest BCUT2D eigenvalue weighted by atomic mass is 10.1. The van der Waals surface area contributed by atoms with Gasteiger partial charge >= 0.3 is 6.03 Å². The molecule has 0 bridgehead atoms. The maximum Gasteiger partial charge on any atom is 0.325 e. The van der Waals surface area contributed by atoms with Crippen LogP contribution in [0.5, 0.6) is 0 Å². The first-order valence-corrected chi connectivity index (χ1v) is 8.51. The number of carbonyl (C=O) groups excluding carboxylic acids is 2. The predicted octanol–water partition coefficient (Wildman–Crippen LogP) is -1.06. The van der Waals surface area contributed by atoms with Gasteiger partial charge in [0, 0.05) is 19.6 Å². The summed E-state index contributed by atoms with van der Waals surface area (Å²) in [6, 6.07) is -0.386. The second-order valence-corrected chi connectivity index (χ2v) is 8.14. The highest BCUT2D eigenvalue weighted by Crippen LogP contribution is 2.18. The van der Waals surface area contributed by atoms with Crippen molar-refractivity contribution in [1.29, 1.82) is 0 Å². The van der Waals surface area contributed by atoms with Crippen molar-refractivity contribution >= 4 is 22.0 Å². The smallest absolute Gasteiger partial charge is 0.324 e. The first-order chi connectivity index (χ1) is 9.67. The quantitative estimate of drug-likeness (QED) is 0.630. The van der Waals surface area contributed by atoms with E-state index in [1.54, 1.807) is 13.8 Å². The number of rotatable bonds is 5. The fraction of sp³-hybridized carbons (Fsp3) is 0.833. The number of sulfonamides is 1. The third kappa shape index (κ3) is 3.19. The zero-order valence-electron chi connectivity index (χ0n) is 12.5. The summed E-state index contributed by atoms with van der Waals surface area (Å²) < 4.78 is 25.8. The van der Waals surface area contributed by atoms with Gasteiger partial charge in [-0.05, 0) is 33.9 Å². The van der Waals surface area contributed by atoms with E-state index in [-0.39, 0.29) is 18.5 Å². The highest BCUT2D eigenvalue weighted by Gasteiger charge is 2.44. The zero-order chi connectivity index (χ0) is 15.8. The molecule has 9 heteroatoms. The molecule has 21 heavy (non-hydrogen) atoms. The summed E-state index contributed by atoms with van der Waals surface area (Å²) in [5.74, 6) is -0.244. The van der Waals surface area contributed by atoms with Gasteiger partial charge in [-0.15, -0.1) is 0 Å². The molecule has 2 aliphatic heterocycles. The molecule has 0 aromatic heterocycles. The van der Waals surface area contributed by atoms with Gasteiger partial charge in [0.25, 0.3) is 5.91 Å². The van der Waals surface area contributed by atoms with Crippen molar-refractivity contribution in [3.63, 3.8) is 0 Å². The summed E-state index contributed by atoms with van der Waals surface area (Å²) in [5, 5.41) is 2.19. The molecular weight excluding hydrogens is 296 g/mol. The van der Waals surface area contributed by atoms with Gasteiger partial charge in [-0.1, -0.05) is 0 Å². The molecule has 0 aromatic rings. The topological polar surface area (TPSA) is 98.8 Å². The summed E-state index contributed by atoms with van der Waals surface area (Å²) >= 11 is 0. The van der Waals surface area contributed by atoms with Crippen molar-refractivity contribution in [2.75, 3.05) is 33.2 Å². The maximum atomic E-state index is 12.0. The number of hydrogen-bond donors (Lipinski definition) is 2. The van der Waals surface area contributed by atoms with Crippen LogP contribution in [0.1, 0.15) is 20.3 Å². The van der Waals surface area contributed by atoms with Gasteiger partial charge in [-0.3, -0.25) is 9.69 Å². The number of likely N-dealkylation sites (tertiary alicyclic amines) is 1. The number of carbonyl (C=O) groups is 2. The van der Waals surface area contributed by atoms with E-state index in [9.17, 15) is 18.0 Å².